The third-order valence-corrected chi connectivity index (χ3v) is 1.68. The van der Waals surface area contributed by atoms with Crippen molar-refractivity contribution in [2.45, 2.75) is 65.2 Å². The summed E-state index contributed by atoms with van der Waals surface area (Å²) >= 11 is -0.333. The predicted octanol–water partition coefficient (Wildman–Crippen LogP) is 4.58. The van der Waals surface area contributed by atoms with Crippen molar-refractivity contribution in [3.8, 4) is 0 Å². The Morgan fingerprint density at radius 2 is 1.04 bits per heavy atom. The van der Waals surface area contributed by atoms with Crippen LogP contribution in [0.25, 0.3) is 0 Å². The van der Waals surface area contributed by atoms with Crippen molar-refractivity contribution in [1.82, 2.24) is 0 Å². The summed E-state index contributed by atoms with van der Waals surface area (Å²) in [4.78, 5) is 0. The largest absolute Gasteiger partial charge is 0 e. The summed E-state index contributed by atoms with van der Waals surface area (Å²) < 4.78 is 0. The molecule has 3 N–H and O–H groups in total. The first-order valence-corrected chi connectivity index (χ1v) is 15.1. The summed E-state index contributed by atoms with van der Waals surface area (Å²) in [5.41, 5.74) is 0. The standard InChI is InChI=1S/C5H5.3C4H10O.C3H9Ge.Zr/c1-2-4-5-3-1;3*1-4(2)3-5;1-4(2)3;/h1-3H,4H2;3*4-5H,3H2,1-2H3;1-3H3;/q-1;;;;;. The first-order chi connectivity index (χ1) is 11.0. The Hall–Kier alpha value is 0.786. The number of hydrogen-bond donors (Lipinski definition) is 3. The average molecular weight is 496 g/mol. The zero-order valence-electron chi connectivity index (χ0n) is 18.1. The Morgan fingerprint density at radius 3 is 1.08 bits per heavy atom. The van der Waals surface area contributed by atoms with Gasteiger partial charge in [-0.2, -0.15) is 6.08 Å². The van der Waals surface area contributed by atoms with Crippen LogP contribution in [0.4, 0.5) is 0 Å². The summed E-state index contributed by atoms with van der Waals surface area (Å²) in [7, 11) is 0. The maximum Gasteiger partial charge on any atom is 0 e. The zero-order chi connectivity index (χ0) is 20.0. The Morgan fingerprint density at radius 1 is 0.800 bits per heavy atom. The van der Waals surface area contributed by atoms with Gasteiger partial charge in [-0.1, -0.05) is 41.5 Å². The van der Waals surface area contributed by atoms with Crippen LogP contribution in [0.5, 0.6) is 0 Å². The molecule has 0 unspecified atom stereocenters. The second-order valence-corrected chi connectivity index (χ2v) is 13.5. The molecule has 0 fully saturated rings. The van der Waals surface area contributed by atoms with Crippen LogP contribution in [0.3, 0.4) is 0 Å². The Kier molecular flexibility index (Phi) is 47.6. The summed E-state index contributed by atoms with van der Waals surface area (Å²) in [6, 6.07) is 0. The molecule has 0 saturated carbocycles. The van der Waals surface area contributed by atoms with Gasteiger partial charge in [0.1, 0.15) is 0 Å². The minimum absolute atomic E-state index is 0. The molecule has 0 amide bonds. The molecule has 0 aliphatic heterocycles. The van der Waals surface area contributed by atoms with Gasteiger partial charge in [0.25, 0.3) is 0 Å². The van der Waals surface area contributed by atoms with Crippen molar-refractivity contribution in [3.05, 3.63) is 24.3 Å². The van der Waals surface area contributed by atoms with Gasteiger partial charge in [-0.3, -0.25) is 6.08 Å². The van der Waals surface area contributed by atoms with Gasteiger partial charge in [0.2, 0.25) is 0 Å². The van der Waals surface area contributed by atoms with Gasteiger partial charge in [0, 0.05) is 46.0 Å². The van der Waals surface area contributed by atoms with Crippen LogP contribution >= 0.6 is 0 Å². The van der Waals surface area contributed by atoms with Crippen molar-refractivity contribution < 1.29 is 41.5 Å². The van der Waals surface area contributed by atoms with Gasteiger partial charge in [-0.05, 0) is 17.8 Å². The van der Waals surface area contributed by atoms with E-state index in [0.29, 0.717) is 37.6 Å². The van der Waals surface area contributed by atoms with Crippen LogP contribution in [0.2, 0.25) is 17.3 Å². The molecule has 5 heteroatoms. The zero-order valence-corrected chi connectivity index (χ0v) is 22.7. The van der Waals surface area contributed by atoms with Crippen LogP contribution in [0.15, 0.2) is 18.2 Å². The van der Waals surface area contributed by atoms with E-state index in [0.717, 1.165) is 6.42 Å². The second-order valence-electron chi connectivity index (χ2n) is 7.23. The van der Waals surface area contributed by atoms with Crippen molar-refractivity contribution in [3.63, 3.8) is 0 Å². The van der Waals surface area contributed by atoms with Crippen LogP contribution in [-0.2, 0) is 26.2 Å². The summed E-state index contributed by atoms with van der Waals surface area (Å²) in [5, 5.41) is 24.4. The van der Waals surface area contributed by atoms with Crippen LogP contribution in [0.1, 0.15) is 48.0 Å². The maximum atomic E-state index is 8.14. The van der Waals surface area contributed by atoms with Crippen molar-refractivity contribution in [2.24, 2.45) is 17.8 Å². The summed E-state index contributed by atoms with van der Waals surface area (Å²) in [6.45, 7) is 12.7. The molecule has 25 heavy (non-hydrogen) atoms. The third kappa shape index (κ3) is 92.6. The van der Waals surface area contributed by atoms with Gasteiger partial charge in [-0.15, -0.1) is 6.42 Å². The molecule has 1 rings (SSSR count). The number of aliphatic hydroxyl groups is 3. The van der Waals surface area contributed by atoms with E-state index in [-0.39, 0.29) is 40.6 Å². The van der Waals surface area contributed by atoms with E-state index in [1.807, 2.05) is 53.7 Å². The summed E-state index contributed by atoms with van der Waals surface area (Å²) in [5.74, 6) is 8.32. The molecule has 1 radical (unpaired) electrons. The number of rotatable bonds is 3. The van der Waals surface area contributed by atoms with Gasteiger partial charge in [0.05, 0.1) is 0 Å². The van der Waals surface area contributed by atoms with E-state index >= 15 is 0 Å². The van der Waals surface area contributed by atoms with Crippen LogP contribution < -0.4 is 0 Å². The molecule has 1 aliphatic carbocycles. The van der Waals surface area contributed by atoms with Gasteiger partial charge >= 0.3 is 31.6 Å². The maximum absolute atomic E-state index is 8.14. The molecule has 3 nitrogen and oxygen atoms in total. The monoisotopic (exact) mass is 496 g/mol. The minimum Gasteiger partial charge on any atom is 0 e. The Balaban J connectivity index is -0.0000000662. The molecule has 0 aromatic heterocycles. The molecule has 0 atom stereocenters. The van der Waals surface area contributed by atoms with E-state index in [9.17, 15) is 0 Å². The molecule has 0 heterocycles. The molecular formula is C20H44GeO3Zr-. The summed E-state index contributed by atoms with van der Waals surface area (Å²) in [6.07, 6.45) is 10.0. The van der Waals surface area contributed by atoms with E-state index in [2.05, 4.69) is 29.4 Å². The predicted molar refractivity (Wildman–Crippen MR) is 111 cm³/mol. The van der Waals surface area contributed by atoms with Gasteiger partial charge in [0.15, 0.2) is 0 Å². The fourth-order valence-electron chi connectivity index (χ4n) is 0.340. The molecule has 1 aliphatic rings. The topological polar surface area (TPSA) is 60.7 Å². The molecule has 0 aromatic carbocycles. The number of hydrogen-bond acceptors (Lipinski definition) is 3. The first kappa shape index (κ1) is 36.7. The first-order valence-electron chi connectivity index (χ1n) is 8.85. The second kappa shape index (κ2) is 32.5. The van der Waals surface area contributed by atoms with Crippen molar-refractivity contribution >= 4 is 14.3 Å². The molecule has 0 aromatic rings. The molecule has 0 saturated heterocycles. The smallest absolute Gasteiger partial charge is 0 e. The van der Waals surface area contributed by atoms with Crippen molar-refractivity contribution in [1.29, 1.82) is 0 Å². The molecule has 0 spiro atoms. The number of allylic oxidation sites excluding steroid dienone is 4. The minimum atomic E-state index is -0.333. The average Bonchev–Trinajstić information content (AvgIpc) is 3.07. The van der Waals surface area contributed by atoms with E-state index in [1.165, 1.54) is 0 Å². The van der Waals surface area contributed by atoms with Gasteiger partial charge < -0.3 is 15.3 Å². The normalized spacial score (nSPS) is 10.7. The molecular weight excluding hydrogens is 452 g/mol. The molecule has 151 valence electrons. The fourth-order valence-corrected chi connectivity index (χ4v) is 0.340. The Labute approximate surface area is 182 Å². The van der Waals surface area contributed by atoms with E-state index < -0.39 is 0 Å². The quantitative estimate of drug-likeness (QED) is 0.396. The SMILES string of the molecule is CC(C)CO.CC(C)CO.CC(C)CO.[C-]1=CC=CC1.[CH3][Ge]([CH3])[CH3].[Zr]. The van der Waals surface area contributed by atoms with Crippen LogP contribution in [0, 0.1) is 23.8 Å². The third-order valence-electron chi connectivity index (χ3n) is 1.68. The van der Waals surface area contributed by atoms with Gasteiger partial charge in [-0.25, -0.2) is 12.2 Å². The Bertz CT molecular complexity index is 222. The van der Waals surface area contributed by atoms with Crippen LogP contribution in [-0.4, -0.2) is 49.5 Å². The van der Waals surface area contributed by atoms with E-state index in [1.54, 1.807) is 0 Å². The van der Waals surface area contributed by atoms with E-state index in [4.69, 9.17) is 15.3 Å². The fraction of sp³-hybridized carbons (Fsp3) is 0.800. The molecule has 0 bridgehead atoms. The number of aliphatic hydroxyl groups excluding tert-OH is 3. The van der Waals surface area contributed by atoms with Crippen molar-refractivity contribution in [2.75, 3.05) is 19.8 Å².